The van der Waals surface area contributed by atoms with Gasteiger partial charge in [0.1, 0.15) is 5.82 Å². The van der Waals surface area contributed by atoms with Crippen LogP contribution in [-0.4, -0.2) is 28.8 Å². The summed E-state index contributed by atoms with van der Waals surface area (Å²) in [5.74, 6) is -0.570. The van der Waals surface area contributed by atoms with E-state index in [9.17, 15) is 14.0 Å². The van der Waals surface area contributed by atoms with Crippen LogP contribution in [0, 0.1) is 5.82 Å². The number of fused-ring (bicyclic) bond motifs is 1. The van der Waals surface area contributed by atoms with Gasteiger partial charge in [0.25, 0.3) is 5.91 Å². The third-order valence-corrected chi connectivity index (χ3v) is 4.17. The van der Waals surface area contributed by atoms with E-state index in [0.29, 0.717) is 29.8 Å². The van der Waals surface area contributed by atoms with Crippen LogP contribution in [0.2, 0.25) is 0 Å². The summed E-state index contributed by atoms with van der Waals surface area (Å²) < 4.78 is 14.3. The van der Waals surface area contributed by atoms with Crippen LogP contribution in [0.15, 0.2) is 12.1 Å². The van der Waals surface area contributed by atoms with E-state index in [1.807, 2.05) is 20.8 Å². The predicted molar refractivity (Wildman–Crippen MR) is 77.6 cm³/mol. The molecule has 2 heterocycles. The molecule has 0 aromatic heterocycles. The Morgan fingerprint density at radius 1 is 1.19 bits per heavy atom. The first-order chi connectivity index (χ1) is 9.79. The van der Waals surface area contributed by atoms with Crippen molar-refractivity contribution in [3.63, 3.8) is 0 Å². The Labute approximate surface area is 123 Å². The Morgan fingerprint density at radius 2 is 1.90 bits per heavy atom. The molecule has 2 aliphatic heterocycles. The Bertz CT molecular complexity index is 634. The highest BCUT2D eigenvalue weighted by Crippen LogP contribution is 2.34. The molecule has 1 saturated heterocycles. The van der Waals surface area contributed by atoms with Crippen molar-refractivity contribution in [2.24, 2.45) is 0 Å². The third-order valence-electron chi connectivity index (χ3n) is 4.17. The first kappa shape index (κ1) is 14.0. The maximum atomic E-state index is 14.3. The van der Waals surface area contributed by atoms with E-state index in [4.69, 9.17) is 0 Å². The highest BCUT2D eigenvalue weighted by atomic mass is 19.1. The van der Waals surface area contributed by atoms with Gasteiger partial charge in [-0.2, -0.15) is 0 Å². The number of amides is 2. The zero-order chi connectivity index (χ0) is 15.4. The second-order valence-corrected chi connectivity index (χ2v) is 6.66. The number of hydrogen-bond donors (Lipinski definition) is 0. The summed E-state index contributed by atoms with van der Waals surface area (Å²) in [7, 11) is 0. The van der Waals surface area contributed by atoms with Gasteiger partial charge in [-0.3, -0.25) is 9.59 Å². The minimum absolute atomic E-state index is 0.00697. The molecule has 0 bridgehead atoms. The molecule has 1 aromatic carbocycles. The molecule has 0 atom stereocenters. The molecule has 1 aromatic rings. The average molecular weight is 290 g/mol. The van der Waals surface area contributed by atoms with E-state index in [2.05, 4.69) is 0 Å². The summed E-state index contributed by atoms with van der Waals surface area (Å²) >= 11 is 0. The Hall–Kier alpha value is -1.91. The SMILES string of the molecule is CC(C)(C)N1Cc2c(F)cc(N3CCCC3=O)cc2C1=O. The molecule has 4 nitrogen and oxygen atoms in total. The van der Waals surface area contributed by atoms with Gasteiger partial charge in [0.15, 0.2) is 0 Å². The molecule has 2 amide bonds. The molecular weight excluding hydrogens is 271 g/mol. The zero-order valence-electron chi connectivity index (χ0n) is 12.6. The van der Waals surface area contributed by atoms with Crippen LogP contribution in [0.3, 0.4) is 0 Å². The normalized spacial score (nSPS) is 18.7. The topological polar surface area (TPSA) is 40.6 Å². The minimum atomic E-state index is -0.401. The smallest absolute Gasteiger partial charge is 0.255 e. The summed E-state index contributed by atoms with van der Waals surface area (Å²) in [6, 6.07) is 3.04. The van der Waals surface area contributed by atoms with Gasteiger partial charge in [-0.15, -0.1) is 0 Å². The number of carbonyl (C=O) groups is 2. The molecule has 0 radical (unpaired) electrons. The molecule has 5 heteroatoms. The van der Waals surface area contributed by atoms with Crippen molar-refractivity contribution in [2.45, 2.75) is 45.7 Å². The number of carbonyl (C=O) groups excluding carboxylic acids is 2. The lowest BCUT2D eigenvalue weighted by Gasteiger charge is -2.31. The molecule has 0 saturated carbocycles. The number of benzene rings is 1. The highest BCUT2D eigenvalue weighted by molar-refractivity contribution is 6.02. The van der Waals surface area contributed by atoms with E-state index in [-0.39, 0.29) is 23.9 Å². The van der Waals surface area contributed by atoms with Crippen molar-refractivity contribution in [3.05, 3.63) is 29.1 Å². The number of anilines is 1. The average Bonchev–Trinajstić information content (AvgIpc) is 2.94. The summed E-state index contributed by atoms with van der Waals surface area (Å²) in [5.41, 5.74) is 0.967. The Kier molecular flexibility index (Phi) is 3.04. The van der Waals surface area contributed by atoms with Crippen molar-refractivity contribution in [1.29, 1.82) is 0 Å². The lowest BCUT2D eigenvalue weighted by Crippen LogP contribution is -2.41. The second kappa shape index (κ2) is 4.55. The Morgan fingerprint density at radius 3 is 2.48 bits per heavy atom. The fourth-order valence-corrected chi connectivity index (χ4v) is 2.97. The third kappa shape index (κ3) is 2.20. The van der Waals surface area contributed by atoms with Gasteiger partial charge in [0, 0.05) is 35.3 Å². The molecule has 3 rings (SSSR count). The van der Waals surface area contributed by atoms with Crippen molar-refractivity contribution in [3.8, 4) is 0 Å². The van der Waals surface area contributed by atoms with Crippen LogP contribution < -0.4 is 4.90 Å². The maximum absolute atomic E-state index is 14.3. The molecule has 112 valence electrons. The van der Waals surface area contributed by atoms with E-state index in [1.54, 1.807) is 15.9 Å². The van der Waals surface area contributed by atoms with Crippen LogP contribution in [0.25, 0.3) is 0 Å². The number of hydrogen-bond acceptors (Lipinski definition) is 2. The fraction of sp³-hybridized carbons (Fsp3) is 0.500. The predicted octanol–water partition coefficient (Wildman–Crippen LogP) is 2.71. The second-order valence-electron chi connectivity index (χ2n) is 6.66. The molecule has 0 spiro atoms. The van der Waals surface area contributed by atoms with E-state index < -0.39 is 5.82 Å². The number of nitrogens with zero attached hydrogens (tertiary/aromatic N) is 2. The fourth-order valence-electron chi connectivity index (χ4n) is 2.97. The van der Waals surface area contributed by atoms with Gasteiger partial charge < -0.3 is 9.80 Å². The van der Waals surface area contributed by atoms with E-state index >= 15 is 0 Å². The van der Waals surface area contributed by atoms with Crippen molar-refractivity contribution in [2.75, 3.05) is 11.4 Å². The first-order valence-corrected chi connectivity index (χ1v) is 7.24. The summed E-state index contributed by atoms with van der Waals surface area (Å²) in [6.45, 7) is 6.67. The van der Waals surface area contributed by atoms with Gasteiger partial charge in [0.05, 0.1) is 6.54 Å². The van der Waals surface area contributed by atoms with Crippen LogP contribution in [0.4, 0.5) is 10.1 Å². The van der Waals surface area contributed by atoms with Crippen LogP contribution in [-0.2, 0) is 11.3 Å². The summed E-state index contributed by atoms with van der Waals surface area (Å²) in [4.78, 5) is 27.5. The summed E-state index contributed by atoms with van der Waals surface area (Å²) in [6.07, 6.45) is 1.26. The molecule has 1 fully saturated rings. The van der Waals surface area contributed by atoms with Gasteiger partial charge in [-0.1, -0.05) is 0 Å². The quantitative estimate of drug-likeness (QED) is 0.798. The lowest BCUT2D eigenvalue weighted by atomic mass is 10.1. The molecule has 0 aliphatic carbocycles. The van der Waals surface area contributed by atoms with Gasteiger partial charge in [-0.05, 0) is 39.3 Å². The number of rotatable bonds is 1. The largest absolute Gasteiger partial charge is 0.329 e. The standard InChI is InChI=1S/C16H19FN2O2/c1-16(2,3)19-9-12-11(15(19)21)7-10(8-13(12)17)18-6-4-5-14(18)20/h7-8H,4-6,9H2,1-3H3. The highest BCUT2D eigenvalue weighted by Gasteiger charge is 2.37. The van der Waals surface area contributed by atoms with Gasteiger partial charge >= 0.3 is 0 Å². The van der Waals surface area contributed by atoms with E-state index in [0.717, 1.165) is 6.42 Å². The molecule has 21 heavy (non-hydrogen) atoms. The van der Waals surface area contributed by atoms with Crippen LogP contribution in [0.5, 0.6) is 0 Å². The van der Waals surface area contributed by atoms with E-state index in [1.165, 1.54) is 6.07 Å². The molecule has 0 unspecified atom stereocenters. The number of halogens is 1. The summed E-state index contributed by atoms with van der Waals surface area (Å²) in [5, 5.41) is 0. The molecule has 2 aliphatic rings. The molecule has 0 N–H and O–H groups in total. The van der Waals surface area contributed by atoms with Gasteiger partial charge in [0.2, 0.25) is 5.91 Å². The zero-order valence-corrected chi connectivity index (χ0v) is 12.6. The van der Waals surface area contributed by atoms with Crippen molar-refractivity contribution >= 4 is 17.5 Å². The minimum Gasteiger partial charge on any atom is -0.329 e. The molecular formula is C16H19FN2O2. The van der Waals surface area contributed by atoms with Crippen molar-refractivity contribution < 1.29 is 14.0 Å². The lowest BCUT2D eigenvalue weighted by molar-refractivity contribution is -0.117. The van der Waals surface area contributed by atoms with Gasteiger partial charge in [-0.25, -0.2) is 4.39 Å². The Balaban J connectivity index is 2.02. The van der Waals surface area contributed by atoms with Crippen molar-refractivity contribution in [1.82, 2.24) is 4.90 Å². The first-order valence-electron chi connectivity index (χ1n) is 7.24. The van der Waals surface area contributed by atoms with Crippen LogP contribution in [0.1, 0.15) is 49.5 Å². The van der Waals surface area contributed by atoms with Crippen LogP contribution >= 0.6 is 0 Å². The monoisotopic (exact) mass is 290 g/mol. The maximum Gasteiger partial charge on any atom is 0.255 e.